The van der Waals surface area contributed by atoms with Gasteiger partial charge in [-0.05, 0) is 17.7 Å². The maximum atomic E-state index is 13.0. The molecule has 0 bridgehead atoms. The predicted octanol–water partition coefficient (Wildman–Crippen LogP) is 3.20. The van der Waals surface area contributed by atoms with Gasteiger partial charge in [-0.3, -0.25) is 4.79 Å². The van der Waals surface area contributed by atoms with E-state index in [4.69, 9.17) is 23.2 Å². The van der Waals surface area contributed by atoms with E-state index in [-0.39, 0.29) is 5.02 Å². The van der Waals surface area contributed by atoms with Gasteiger partial charge < -0.3 is 0 Å². The van der Waals surface area contributed by atoms with Crippen LogP contribution < -0.4 is 0 Å². The molecule has 0 saturated carbocycles. The van der Waals surface area contributed by atoms with E-state index in [2.05, 4.69) is 0 Å². The summed E-state index contributed by atoms with van der Waals surface area (Å²) in [7, 11) is 0. The lowest BCUT2D eigenvalue weighted by atomic mass is 10.1. The van der Waals surface area contributed by atoms with Gasteiger partial charge in [-0.1, -0.05) is 29.8 Å². The SMILES string of the molecule is O=C(Cl)C(F)(F)c1ccccc1Cl. The van der Waals surface area contributed by atoms with Crippen molar-refractivity contribution >= 4 is 28.4 Å². The van der Waals surface area contributed by atoms with Gasteiger partial charge in [0.1, 0.15) is 0 Å². The van der Waals surface area contributed by atoms with E-state index in [0.29, 0.717) is 0 Å². The van der Waals surface area contributed by atoms with Gasteiger partial charge in [0.2, 0.25) is 0 Å². The van der Waals surface area contributed by atoms with Crippen molar-refractivity contribution in [2.75, 3.05) is 0 Å². The Bertz CT molecular complexity index is 339. The smallest absolute Gasteiger partial charge is 0.274 e. The first-order chi connectivity index (χ1) is 5.96. The van der Waals surface area contributed by atoms with Crippen LogP contribution in [0.5, 0.6) is 0 Å². The molecule has 0 aromatic heterocycles. The zero-order chi connectivity index (χ0) is 10.1. The van der Waals surface area contributed by atoms with Crippen LogP contribution in [0.1, 0.15) is 5.56 Å². The Morgan fingerprint density at radius 3 is 2.31 bits per heavy atom. The molecule has 0 amide bonds. The Balaban J connectivity index is 3.22. The Labute approximate surface area is 83.3 Å². The summed E-state index contributed by atoms with van der Waals surface area (Å²) in [5, 5.41) is -1.91. The molecule has 0 atom stereocenters. The van der Waals surface area contributed by atoms with Crippen molar-refractivity contribution in [1.29, 1.82) is 0 Å². The maximum absolute atomic E-state index is 13.0. The molecule has 1 aromatic rings. The maximum Gasteiger partial charge on any atom is 0.346 e. The molecule has 0 aliphatic heterocycles. The average Bonchev–Trinajstić information content (AvgIpc) is 2.04. The molecule has 0 aliphatic carbocycles. The molecule has 0 fully saturated rings. The van der Waals surface area contributed by atoms with Crippen molar-refractivity contribution in [3.05, 3.63) is 34.9 Å². The largest absolute Gasteiger partial charge is 0.346 e. The molecule has 1 rings (SSSR count). The molecule has 1 aromatic carbocycles. The minimum absolute atomic E-state index is 0.179. The topological polar surface area (TPSA) is 17.1 Å². The van der Waals surface area contributed by atoms with Crippen LogP contribution in [0.25, 0.3) is 0 Å². The van der Waals surface area contributed by atoms with Crippen molar-refractivity contribution in [1.82, 2.24) is 0 Å². The molecule has 0 saturated heterocycles. The Morgan fingerprint density at radius 2 is 1.85 bits per heavy atom. The van der Waals surface area contributed by atoms with E-state index in [0.717, 1.165) is 6.07 Å². The van der Waals surface area contributed by atoms with Gasteiger partial charge in [-0.25, -0.2) is 0 Å². The number of benzene rings is 1. The summed E-state index contributed by atoms with van der Waals surface area (Å²) < 4.78 is 25.9. The molecule has 0 heterocycles. The van der Waals surface area contributed by atoms with Crippen molar-refractivity contribution < 1.29 is 13.6 Å². The molecule has 13 heavy (non-hydrogen) atoms. The number of rotatable bonds is 2. The van der Waals surface area contributed by atoms with Crippen LogP contribution in [0.2, 0.25) is 5.02 Å². The molecule has 0 radical (unpaired) electrons. The lowest BCUT2D eigenvalue weighted by Gasteiger charge is -2.12. The number of carbonyl (C=O) groups is 1. The Morgan fingerprint density at radius 1 is 1.31 bits per heavy atom. The van der Waals surface area contributed by atoms with Crippen LogP contribution in [0, 0.1) is 0 Å². The van der Waals surface area contributed by atoms with Gasteiger partial charge >= 0.3 is 5.92 Å². The summed E-state index contributed by atoms with van der Waals surface area (Å²) in [4.78, 5) is 10.4. The second kappa shape index (κ2) is 3.60. The van der Waals surface area contributed by atoms with E-state index in [1.807, 2.05) is 0 Å². The van der Waals surface area contributed by atoms with Gasteiger partial charge in [0, 0.05) is 5.56 Å². The predicted molar refractivity (Wildman–Crippen MR) is 46.2 cm³/mol. The number of halogens is 4. The van der Waals surface area contributed by atoms with E-state index in [9.17, 15) is 13.6 Å². The number of carbonyl (C=O) groups excluding carboxylic acids is 1. The summed E-state index contributed by atoms with van der Waals surface area (Å²) >= 11 is 10.2. The summed E-state index contributed by atoms with van der Waals surface area (Å²) in [6.45, 7) is 0. The Hall–Kier alpha value is -0.670. The first-order valence-corrected chi connectivity index (χ1v) is 4.04. The molecule has 0 aliphatic rings. The summed E-state index contributed by atoms with van der Waals surface area (Å²) in [5.74, 6) is -3.72. The van der Waals surface area contributed by atoms with Crippen LogP contribution >= 0.6 is 23.2 Å². The normalized spacial score (nSPS) is 11.4. The van der Waals surface area contributed by atoms with Crippen molar-refractivity contribution in [2.24, 2.45) is 0 Å². The van der Waals surface area contributed by atoms with Gasteiger partial charge in [-0.2, -0.15) is 8.78 Å². The first-order valence-electron chi connectivity index (χ1n) is 3.29. The van der Waals surface area contributed by atoms with Crippen molar-refractivity contribution in [3.63, 3.8) is 0 Å². The fraction of sp³-hybridized carbons (Fsp3) is 0.125. The standard InChI is InChI=1S/C8H4Cl2F2O/c9-6-4-2-1-3-5(6)8(11,12)7(10)13/h1-4H. The average molecular weight is 225 g/mol. The third-order valence-corrected chi connectivity index (χ3v) is 2.03. The fourth-order valence-corrected chi connectivity index (χ4v) is 1.18. The van der Waals surface area contributed by atoms with Crippen LogP contribution in [0.15, 0.2) is 24.3 Å². The van der Waals surface area contributed by atoms with E-state index in [1.54, 1.807) is 0 Å². The van der Waals surface area contributed by atoms with Crippen molar-refractivity contribution in [3.8, 4) is 0 Å². The van der Waals surface area contributed by atoms with E-state index >= 15 is 0 Å². The van der Waals surface area contributed by atoms with Crippen LogP contribution in [0.3, 0.4) is 0 Å². The van der Waals surface area contributed by atoms with Gasteiger partial charge in [0.25, 0.3) is 5.24 Å². The van der Waals surface area contributed by atoms with Crippen molar-refractivity contribution in [2.45, 2.75) is 5.92 Å². The Kier molecular flexibility index (Phi) is 2.88. The third-order valence-electron chi connectivity index (χ3n) is 1.46. The molecule has 0 N–H and O–H groups in total. The van der Waals surface area contributed by atoms with E-state index in [1.165, 1.54) is 18.2 Å². The first kappa shape index (κ1) is 10.4. The van der Waals surface area contributed by atoms with Crippen LogP contribution in [-0.4, -0.2) is 5.24 Å². The van der Waals surface area contributed by atoms with Gasteiger partial charge in [0.05, 0.1) is 5.02 Å². The van der Waals surface area contributed by atoms with Crippen LogP contribution in [0.4, 0.5) is 8.78 Å². The lowest BCUT2D eigenvalue weighted by Crippen LogP contribution is -2.21. The van der Waals surface area contributed by atoms with Crippen LogP contribution in [-0.2, 0) is 10.7 Å². The third kappa shape index (κ3) is 1.98. The molecule has 0 unspecified atom stereocenters. The summed E-state index contributed by atoms with van der Waals surface area (Å²) in [6, 6.07) is 5.17. The quantitative estimate of drug-likeness (QED) is 0.706. The molecular formula is C8H4Cl2F2O. The zero-order valence-electron chi connectivity index (χ0n) is 6.23. The molecule has 5 heteroatoms. The highest BCUT2D eigenvalue weighted by atomic mass is 35.5. The fourth-order valence-electron chi connectivity index (χ4n) is 0.822. The molecule has 0 spiro atoms. The zero-order valence-corrected chi connectivity index (χ0v) is 7.74. The summed E-state index contributed by atoms with van der Waals surface area (Å²) in [6.07, 6.45) is 0. The lowest BCUT2D eigenvalue weighted by molar-refractivity contribution is -0.135. The molecule has 70 valence electrons. The van der Waals surface area contributed by atoms with Gasteiger partial charge in [-0.15, -0.1) is 0 Å². The monoisotopic (exact) mass is 224 g/mol. The molecule has 1 nitrogen and oxygen atoms in total. The number of hydrogen-bond acceptors (Lipinski definition) is 1. The highest BCUT2D eigenvalue weighted by Gasteiger charge is 2.41. The highest BCUT2D eigenvalue weighted by molar-refractivity contribution is 6.65. The second-order valence-electron chi connectivity index (χ2n) is 2.33. The number of alkyl halides is 2. The van der Waals surface area contributed by atoms with E-state index < -0.39 is 16.7 Å². The minimum Gasteiger partial charge on any atom is -0.274 e. The minimum atomic E-state index is -3.72. The van der Waals surface area contributed by atoms with Gasteiger partial charge in [0.15, 0.2) is 0 Å². The highest BCUT2D eigenvalue weighted by Crippen LogP contribution is 2.34. The second-order valence-corrected chi connectivity index (χ2v) is 3.08. The molecular weight excluding hydrogens is 221 g/mol. The summed E-state index contributed by atoms with van der Waals surface area (Å²) in [5.41, 5.74) is -0.573. The number of hydrogen-bond donors (Lipinski definition) is 0.